The molecular weight excluding hydrogens is 246 g/mol. The Balaban J connectivity index is 1.44. The molecule has 2 aliphatic heterocycles. The van der Waals surface area contributed by atoms with E-state index in [1.807, 2.05) is 0 Å². The van der Waals surface area contributed by atoms with Crippen LogP contribution in [0, 0.1) is 11.8 Å². The lowest BCUT2D eigenvalue weighted by atomic mass is 9.79. The quantitative estimate of drug-likeness (QED) is 0.748. The summed E-state index contributed by atoms with van der Waals surface area (Å²) in [6, 6.07) is 0. The summed E-state index contributed by atoms with van der Waals surface area (Å²) >= 11 is 0. The molecule has 19 heavy (non-hydrogen) atoms. The summed E-state index contributed by atoms with van der Waals surface area (Å²) in [5, 5.41) is 19.5. The Labute approximate surface area is 114 Å². The predicted molar refractivity (Wildman–Crippen MR) is 69.8 cm³/mol. The van der Waals surface area contributed by atoms with E-state index in [-0.39, 0.29) is 6.10 Å². The van der Waals surface area contributed by atoms with E-state index in [4.69, 9.17) is 9.47 Å². The monoisotopic (exact) mass is 271 g/mol. The highest BCUT2D eigenvalue weighted by Crippen LogP contribution is 2.36. The summed E-state index contributed by atoms with van der Waals surface area (Å²) in [4.78, 5) is 2.46. The van der Waals surface area contributed by atoms with Crippen LogP contribution >= 0.6 is 0 Å². The van der Waals surface area contributed by atoms with E-state index in [0.717, 1.165) is 52.1 Å². The van der Waals surface area contributed by atoms with Gasteiger partial charge in [0.15, 0.2) is 0 Å². The van der Waals surface area contributed by atoms with Gasteiger partial charge in [0.05, 0.1) is 38.1 Å². The average molecular weight is 271 g/mol. The van der Waals surface area contributed by atoms with E-state index in [9.17, 15) is 10.2 Å². The highest BCUT2D eigenvalue weighted by atomic mass is 16.6. The second-order valence-electron chi connectivity index (χ2n) is 6.24. The zero-order valence-corrected chi connectivity index (χ0v) is 11.4. The number of rotatable bonds is 3. The van der Waals surface area contributed by atoms with Gasteiger partial charge in [-0.05, 0) is 31.1 Å². The van der Waals surface area contributed by atoms with Crippen LogP contribution in [0.5, 0.6) is 0 Å². The minimum atomic E-state index is -0.517. The fourth-order valence-electron chi connectivity index (χ4n) is 3.72. The number of hydrogen-bond donors (Lipinski definition) is 2. The molecule has 2 N–H and O–H groups in total. The zero-order valence-electron chi connectivity index (χ0n) is 11.4. The minimum absolute atomic E-state index is 0.243. The summed E-state index contributed by atoms with van der Waals surface area (Å²) in [7, 11) is 0. The molecule has 2 saturated heterocycles. The fourth-order valence-corrected chi connectivity index (χ4v) is 3.72. The first-order valence-electron chi connectivity index (χ1n) is 7.50. The van der Waals surface area contributed by atoms with Crippen LogP contribution in [0.15, 0.2) is 0 Å². The Kier molecular flexibility index (Phi) is 4.39. The third kappa shape index (κ3) is 3.28. The molecule has 0 radical (unpaired) electrons. The lowest BCUT2D eigenvalue weighted by Crippen LogP contribution is -2.38. The van der Waals surface area contributed by atoms with Gasteiger partial charge < -0.3 is 24.6 Å². The summed E-state index contributed by atoms with van der Waals surface area (Å²) in [6.07, 6.45) is 1.74. The number of aliphatic hydroxyl groups excluding tert-OH is 2. The van der Waals surface area contributed by atoms with Crippen molar-refractivity contribution in [3.8, 4) is 0 Å². The summed E-state index contributed by atoms with van der Waals surface area (Å²) < 4.78 is 11.1. The third-order valence-electron chi connectivity index (χ3n) is 4.84. The van der Waals surface area contributed by atoms with Gasteiger partial charge in [-0.1, -0.05) is 0 Å². The number of hydrogen-bond acceptors (Lipinski definition) is 5. The van der Waals surface area contributed by atoms with Gasteiger partial charge in [-0.3, -0.25) is 0 Å². The van der Waals surface area contributed by atoms with Crippen molar-refractivity contribution < 1.29 is 19.7 Å². The summed E-state index contributed by atoms with van der Waals surface area (Å²) in [5.41, 5.74) is 0. The summed E-state index contributed by atoms with van der Waals surface area (Å²) in [6.45, 7) is 5.31. The molecular formula is C14H25NO4. The van der Waals surface area contributed by atoms with Crippen molar-refractivity contribution in [1.29, 1.82) is 0 Å². The Morgan fingerprint density at radius 3 is 2.26 bits per heavy atom. The maximum Gasteiger partial charge on any atom is 0.0821 e. The van der Waals surface area contributed by atoms with Crippen LogP contribution in [-0.2, 0) is 9.47 Å². The van der Waals surface area contributed by atoms with Crippen molar-refractivity contribution >= 4 is 0 Å². The number of nitrogens with zero attached hydrogens (tertiary/aromatic N) is 1. The van der Waals surface area contributed by atoms with E-state index >= 15 is 0 Å². The minimum Gasteiger partial charge on any atom is -0.390 e. The Hall–Kier alpha value is -0.200. The van der Waals surface area contributed by atoms with Gasteiger partial charge >= 0.3 is 0 Å². The lowest BCUT2D eigenvalue weighted by molar-refractivity contribution is -0.0924. The molecule has 1 aliphatic carbocycles. The molecule has 5 nitrogen and oxygen atoms in total. The maximum absolute atomic E-state index is 9.74. The molecule has 3 aliphatic rings. The zero-order chi connectivity index (χ0) is 13.2. The lowest BCUT2D eigenvalue weighted by Gasteiger charge is -2.32. The smallest absolute Gasteiger partial charge is 0.0821 e. The molecule has 0 aromatic heterocycles. The maximum atomic E-state index is 9.74. The number of fused-ring (bicyclic) bond motifs is 1. The van der Waals surface area contributed by atoms with E-state index in [0.29, 0.717) is 18.4 Å². The number of aliphatic hydroxyl groups is 2. The van der Waals surface area contributed by atoms with Crippen molar-refractivity contribution in [2.24, 2.45) is 11.8 Å². The van der Waals surface area contributed by atoms with Crippen LogP contribution in [-0.4, -0.2) is 72.9 Å². The average Bonchev–Trinajstić information content (AvgIpc) is 2.80. The van der Waals surface area contributed by atoms with Gasteiger partial charge in [0, 0.05) is 19.6 Å². The van der Waals surface area contributed by atoms with Gasteiger partial charge in [0.25, 0.3) is 0 Å². The first kappa shape index (κ1) is 13.8. The predicted octanol–water partition coefficient (Wildman–Crippen LogP) is -0.144. The van der Waals surface area contributed by atoms with Crippen LogP contribution < -0.4 is 0 Å². The van der Waals surface area contributed by atoms with Crippen LogP contribution in [0.25, 0.3) is 0 Å². The van der Waals surface area contributed by atoms with E-state index in [1.165, 1.54) is 0 Å². The van der Waals surface area contributed by atoms with E-state index in [1.54, 1.807) is 0 Å². The van der Waals surface area contributed by atoms with Crippen LogP contribution in [0.1, 0.15) is 19.3 Å². The normalized spacial score (nSPS) is 44.2. The molecule has 1 saturated carbocycles. The molecule has 0 amide bonds. The highest BCUT2D eigenvalue weighted by molar-refractivity contribution is 4.93. The number of likely N-dealkylation sites (tertiary alicyclic amines) is 1. The molecule has 5 heteroatoms. The molecule has 3 rings (SSSR count). The van der Waals surface area contributed by atoms with Gasteiger partial charge in [-0.2, -0.15) is 0 Å². The van der Waals surface area contributed by atoms with Gasteiger partial charge in [-0.25, -0.2) is 0 Å². The second-order valence-corrected chi connectivity index (χ2v) is 6.24. The first-order valence-corrected chi connectivity index (χ1v) is 7.50. The third-order valence-corrected chi connectivity index (χ3v) is 4.84. The van der Waals surface area contributed by atoms with E-state index < -0.39 is 12.2 Å². The van der Waals surface area contributed by atoms with Crippen LogP contribution in [0.4, 0.5) is 0 Å². The molecule has 0 spiro atoms. The number of ether oxygens (including phenoxy) is 2. The summed E-state index contributed by atoms with van der Waals surface area (Å²) in [5.74, 6) is 1.11. The molecule has 110 valence electrons. The van der Waals surface area contributed by atoms with Crippen molar-refractivity contribution in [1.82, 2.24) is 4.90 Å². The molecule has 1 unspecified atom stereocenters. The molecule has 5 atom stereocenters. The van der Waals surface area contributed by atoms with Crippen molar-refractivity contribution in [2.75, 3.05) is 39.5 Å². The highest BCUT2D eigenvalue weighted by Gasteiger charge is 2.40. The van der Waals surface area contributed by atoms with Gasteiger partial charge in [0.2, 0.25) is 0 Å². The Bertz CT molecular complexity index is 277. The largest absolute Gasteiger partial charge is 0.390 e. The van der Waals surface area contributed by atoms with Crippen LogP contribution in [0.2, 0.25) is 0 Å². The van der Waals surface area contributed by atoms with Crippen molar-refractivity contribution in [2.45, 2.75) is 37.6 Å². The van der Waals surface area contributed by atoms with Gasteiger partial charge in [-0.15, -0.1) is 0 Å². The fraction of sp³-hybridized carbons (Fsp3) is 1.00. The Morgan fingerprint density at radius 2 is 1.68 bits per heavy atom. The first-order chi connectivity index (χ1) is 9.22. The molecule has 0 bridgehead atoms. The van der Waals surface area contributed by atoms with E-state index in [2.05, 4.69) is 4.90 Å². The topological polar surface area (TPSA) is 62.2 Å². The van der Waals surface area contributed by atoms with Crippen molar-refractivity contribution in [3.05, 3.63) is 0 Å². The standard InChI is InChI=1S/C14H25NO4/c16-13-5-10-7-15(8-11(10)6-14(13)17)2-1-12-9-18-3-4-19-12/h10-14,16-17H,1-9H2/t10-,11+,12?,13+,14-. The molecule has 0 aromatic rings. The Morgan fingerprint density at radius 1 is 1.00 bits per heavy atom. The SMILES string of the molecule is O[C@@H]1C[C@H]2CN(CCC3COCCO3)C[C@H]2C[C@@H]1O. The molecule has 3 fully saturated rings. The molecule has 2 heterocycles. The second kappa shape index (κ2) is 6.06. The molecule has 0 aromatic carbocycles. The van der Waals surface area contributed by atoms with Crippen molar-refractivity contribution in [3.63, 3.8) is 0 Å². The van der Waals surface area contributed by atoms with Crippen LogP contribution in [0.3, 0.4) is 0 Å². The van der Waals surface area contributed by atoms with Gasteiger partial charge in [0.1, 0.15) is 0 Å².